The highest BCUT2D eigenvalue weighted by Crippen LogP contribution is 2.02. The largest absolute Gasteiger partial charge is 0.447 e. The van der Waals surface area contributed by atoms with E-state index in [-0.39, 0.29) is 6.42 Å². The van der Waals surface area contributed by atoms with Gasteiger partial charge >= 0.3 is 11.9 Å². The van der Waals surface area contributed by atoms with E-state index in [0.29, 0.717) is 0 Å². The van der Waals surface area contributed by atoms with Crippen LogP contribution in [0, 0.1) is 0 Å². The van der Waals surface area contributed by atoms with Crippen molar-refractivity contribution in [3.63, 3.8) is 0 Å². The van der Waals surface area contributed by atoms with Gasteiger partial charge in [-0.25, -0.2) is 9.90 Å². The van der Waals surface area contributed by atoms with Crippen LogP contribution >= 0.6 is 0 Å². The predicted molar refractivity (Wildman–Crippen MR) is 39.0 cm³/mol. The molecular weight excluding hydrogens is 180 g/mol. The average molecular weight is 191 g/mol. The number of hydrogen-bond donors (Lipinski definition) is 2. The van der Waals surface area contributed by atoms with E-state index in [1.54, 1.807) is 0 Å². The Kier molecular flexibility index (Phi) is 5.01. The fourth-order valence-electron chi connectivity index (χ4n) is 0.604. The topological polar surface area (TPSA) is 104 Å². The van der Waals surface area contributed by atoms with Crippen molar-refractivity contribution in [3.8, 4) is 0 Å². The number of hydrogen-bond acceptors (Lipinski definition) is 5. The van der Waals surface area contributed by atoms with Gasteiger partial charge in [-0.1, -0.05) is 6.92 Å². The Balaban J connectivity index is 4.26. The molecule has 2 N–H and O–H groups in total. The van der Waals surface area contributed by atoms with Crippen molar-refractivity contribution >= 4 is 11.9 Å². The van der Waals surface area contributed by atoms with E-state index >= 15 is 0 Å². The molecule has 0 aromatic heterocycles. The van der Waals surface area contributed by atoms with Gasteiger partial charge in [-0.2, -0.15) is 0 Å². The molecule has 2 atom stereocenters. The Bertz CT molecular complexity index is 189. The van der Waals surface area contributed by atoms with Crippen LogP contribution in [0.4, 0.5) is 0 Å². The van der Waals surface area contributed by atoms with Crippen molar-refractivity contribution in [1.29, 1.82) is 0 Å². The predicted octanol–water partition coefficient (Wildman–Crippen LogP) is -1.38. The maximum atomic E-state index is 10.6. The summed E-state index contributed by atoms with van der Waals surface area (Å²) >= 11 is 0. The van der Waals surface area contributed by atoms with Crippen LogP contribution in [-0.4, -0.2) is 41.0 Å². The second-order valence-corrected chi connectivity index (χ2v) is 2.33. The summed E-state index contributed by atoms with van der Waals surface area (Å²) in [5.41, 5.74) is 0. The molecule has 0 aliphatic rings. The Morgan fingerprint density at radius 3 is 2.31 bits per heavy atom. The molecule has 0 aromatic rings. The summed E-state index contributed by atoms with van der Waals surface area (Å²) < 4.78 is 4.30. The molecule has 6 heteroatoms. The maximum absolute atomic E-state index is 10.6. The molecule has 0 rings (SSSR count). The van der Waals surface area contributed by atoms with Crippen LogP contribution in [-0.2, 0) is 19.4 Å². The number of carbonyl (C=O) groups excluding carboxylic acids is 2. The summed E-state index contributed by atoms with van der Waals surface area (Å²) in [6, 6.07) is 0. The van der Waals surface area contributed by atoms with E-state index in [1.165, 1.54) is 6.92 Å². The highest BCUT2D eigenvalue weighted by Gasteiger charge is 2.30. The van der Waals surface area contributed by atoms with Crippen molar-refractivity contribution in [1.82, 2.24) is 0 Å². The summed E-state index contributed by atoms with van der Waals surface area (Å²) in [6.07, 6.45) is -3.47. The lowest BCUT2D eigenvalue weighted by Gasteiger charge is -2.15. The molecule has 13 heavy (non-hydrogen) atoms. The fourth-order valence-corrected chi connectivity index (χ4v) is 0.604. The second kappa shape index (κ2) is 5.50. The minimum Gasteiger partial charge on any atom is -0.447 e. The lowest BCUT2D eigenvalue weighted by Crippen LogP contribution is -2.39. The minimum atomic E-state index is -1.81. The van der Waals surface area contributed by atoms with Gasteiger partial charge in [0.1, 0.15) is 6.10 Å². The molecule has 6 nitrogen and oxygen atoms in total. The van der Waals surface area contributed by atoms with Gasteiger partial charge in [0.25, 0.3) is 0 Å². The molecule has 0 saturated heterocycles. The third-order valence-electron chi connectivity index (χ3n) is 1.32. The summed E-state index contributed by atoms with van der Waals surface area (Å²) in [5.74, 6) is -2.51. The molecular formula is C7H11O6. The van der Waals surface area contributed by atoms with Gasteiger partial charge in [0.2, 0.25) is 6.10 Å². The zero-order valence-electron chi connectivity index (χ0n) is 7.10. The van der Waals surface area contributed by atoms with E-state index in [2.05, 4.69) is 4.74 Å². The van der Waals surface area contributed by atoms with Gasteiger partial charge in [-0.3, -0.25) is 4.79 Å². The van der Waals surface area contributed by atoms with Crippen molar-refractivity contribution in [2.24, 2.45) is 0 Å². The Morgan fingerprint density at radius 1 is 1.46 bits per heavy atom. The van der Waals surface area contributed by atoms with Crippen molar-refractivity contribution in [3.05, 3.63) is 0 Å². The standard InChI is InChI=1S/C7H11O6/c1-2-5(10)13-6(7(11)12)4(9)3-8/h4,6,8-9H,2-3H2,1H3. The van der Waals surface area contributed by atoms with Gasteiger partial charge in [-0.15, -0.1) is 0 Å². The van der Waals surface area contributed by atoms with E-state index in [1.807, 2.05) is 0 Å². The third-order valence-corrected chi connectivity index (χ3v) is 1.32. The van der Waals surface area contributed by atoms with E-state index in [9.17, 15) is 14.7 Å². The molecule has 0 heterocycles. The van der Waals surface area contributed by atoms with Crippen LogP contribution in [0.5, 0.6) is 0 Å². The first kappa shape index (κ1) is 11.9. The lowest BCUT2D eigenvalue weighted by atomic mass is 10.2. The van der Waals surface area contributed by atoms with Crippen LogP contribution in [0.2, 0.25) is 0 Å². The molecule has 0 amide bonds. The molecule has 2 unspecified atom stereocenters. The van der Waals surface area contributed by atoms with Crippen LogP contribution in [0.1, 0.15) is 13.3 Å². The van der Waals surface area contributed by atoms with Gasteiger partial charge in [-0.05, 0) is 0 Å². The van der Waals surface area contributed by atoms with Crippen LogP contribution < -0.4 is 0 Å². The van der Waals surface area contributed by atoms with Crippen LogP contribution in [0.25, 0.3) is 0 Å². The Morgan fingerprint density at radius 2 is 2.00 bits per heavy atom. The van der Waals surface area contributed by atoms with Gasteiger partial charge in [0, 0.05) is 6.42 Å². The molecule has 1 radical (unpaired) electrons. The molecule has 75 valence electrons. The molecule has 0 aliphatic heterocycles. The first-order valence-corrected chi connectivity index (χ1v) is 3.72. The monoisotopic (exact) mass is 191 g/mol. The molecule has 0 aliphatic carbocycles. The van der Waals surface area contributed by atoms with Crippen molar-refractivity contribution in [2.75, 3.05) is 6.61 Å². The minimum absolute atomic E-state index is 0.0120. The van der Waals surface area contributed by atoms with Gasteiger partial charge in [0.05, 0.1) is 6.61 Å². The van der Waals surface area contributed by atoms with Crippen molar-refractivity contribution in [2.45, 2.75) is 25.6 Å². The second-order valence-electron chi connectivity index (χ2n) is 2.33. The Hall–Kier alpha value is -1.14. The summed E-state index contributed by atoms with van der Waals surface area (Å²) in [7, 11) is 0. The highest BCUT2D eigenvalue weighted by molar-refractivity contribution is 5.78. The van der Waals surface area contributed by atoms with E-state index in [4.69, 9.17) is 10.2 Å². The fraction of sp³-hybridized carbons (Fsp3) is 0.714. The number of esters is 1. The number of ether oxygens (including phenoxy) is 1. The molecule has 0 spiro atoms. The Labute approximate surface area is 74.7 Å². The lowest BCUT2D eigenvalue weighted by molar-refractivity contribution is -0.177. The molecule has 0 aromatic carbocycles. The first-order chi connectivity index (χ1) is 6.02. The molecule has 0 bridgehead atoms. The van der Waals surface area contributed by atoms with E-state index < -0.39 is 30.8 Å². The summed E-state index contributed by atoms with van der Waals surface area (Å²) in [5, 5.41) is 27.6. The number of carbonyl (C=O) groups is 2. The van der Waals surface area contributed by atoms with Crippen LogP contribution in [0.3, 0.4) is 0 Å². The molecule has 0 fully saturated rings. The number of aliphatic hydroxyl groups excluding tert-OH is 2. The quantitative estimate of drug-likeness (QED) is 0.521. The van der Waals surface area contributed by atoms with Gasteiger partial charge < -0.3 is 14.9 Å². The normalized spacial score (nSPS) is 14.7. The highest BCUT2D eigenvalue weighted by atomic mass is 16.6. The average Bonchev–Trinajstić information content (AvgIpc) is 2.11. The van der Waals surface area contributed by atoms with Crippen LogP contribution in [0.15, 0.2) is 0 Å². The maximum Gasteiger partial charge on any atom is 0.398 e. The SMILES string of the molecule is CCC(=O)OC(C([O])=O)C(O)CO. The third kappa shape index (κ3) is 3.86. The first-order valence-electron chi connectivity index (χ1n) is 3.72. The number of aliphatic hydroxyl groups is 2. The summed E-state index contributed by atoms with van der Waals surface area (Å²) in [4.78, 5) is 20.9. The van der Waals surface area contributed by atoms with Crippen molar-refractivity contribution < 1.29 is 29.6 Å². The number of rotatable bonds is 5. The smallest absolute Gasteiger partial charge is 0.398 e. The molecule has 0 saturated carbocycles. The van der Waals surface area contributed by atoms with E-state index in [0.717, 1.165) is 0 Å². The van der Waals surface area contributed by atoms with Gasteiger partial charge in [0.15, 0.2) is 0 Å². The zero-order chi connectivity index (χ0) is 10.4. The zero-order valence-corrected chi connectivity index (χ0v) is 7.10. The summed E-state index contributed by atoms with van der Waals surface area (Å²) in [6.45, 7) is 0.662.